The van der Waals surface area contributed by atoms with Crippen LogP contribution in [0.15, 0.2) is 47.4 Å². The van der Waals surface area contributed by atoms with Crippen molar-refractivity contribution >= 4 is 11.5 Å². The second-order valence-corrected chi connectivity index (χ2v) is 7.30. The smallest absolute Gasteiger partial charge is 0.259 e. The van der Waals surface area contributed by atoms with Gasteiger partial charge < -0.3 is 14.5 Å². The molecule has 0 N–H and O–H groups in total. The molecule has 0 saturated carbocycles. The van der Waals surface area contributed by atoms with Crippen molar-refractivity contribution in [3.05, 3.63) is 58.8 Å². The van der Waals surface area contributed by atoms with Gasteiger partial charge in [-0.3, -0.25) is 9.20 Å². The predicted octanol–water partition coefficient (Wildman–Crippen LogP) is 2.65. The predicted molar refractivity (Wildman–Crippen MR) is 108 cm³/mol. The Morgan fingerprint density at radius 3 is 2.64 bits per heavy atom. The Bertz CT molecular complexity index is 1080. The average molecular weight is 382 g/mol. The minimum absolute atomic E-state index is 0.149. The van der Waals surface area contributed by atoms with E-state index in [1.165, 1.54) is 17.6 Å². The molecule has 4 rings (SSSR count). The van der Waals surface area contributed by atoms with Crippen molar-refractivity contribution in [2.75, 3.05) is 39.2 Å². The SMILES string of the molecule is COc1ccc(-c2ccc3nc(N4CC[C@H](N(C)C)C4)cc(=O)n3c2)cc1F. The number of hydrogen-bond donors (Lipinski definition) is 0. The van der Waals surface area contributed by atoms with Gasteiger partial charge in [-0.15, -0.1) is 0 Å². The quantitative estimate of drug-likeness (QED) is 0.694. The lowest BCUT2D eigenvalue weighted by Crippen LogP contribution is -2.32. The van der Waals surface area contributed by atoms with Crippen LogP contribution in [0.3, 0.4) is 0 Å². The second-order valence-electron chi connectivity index (χ2n) is 7.30. The number of pyridine rings is 1. The molecule has 1 fully saturated rings. The fourth-order valence-corrected chi connectivity index (χ4v) is 3.64. The summed E-state index contributed by atoms with van der Waals surface area (Å²) in [6.45, 7) is 1.74. The third-order valence-corrected chi connectivity index (χ3v) is 5.35. The highest BCUT2D eigenvalue weighted by molar-refractivity contribution is 5.66. The second kappa shape index (κ2) is 7.24. The van der Waals surface area contributed by atoms with Crippen LogP contribution in [0.4, 0.5) is 10.2 Å². The van der Waals surface area contributed by atoms with Crippen molar-refractivity contribution in [2.24, 2.45) is 0 Å². The monoisotopic (exact) mass is 382 g/mol. The van der Waals surface area contributed by atoms with Crippen LogP contribution in [0.5, 0.6) is 5.75 Å². The molecule has 1 saturated heterocycles. The number of benzene rings is 1. The molecular weight excluding hydrogens is 359 g/mol. The molecule has 0 aliphatic carbocycles. The number of anilines is 1. The Kier molecular flexibility index (Phi) is 4.77. The molecule has 0 spiro atoms. The summed E-state index contributed by atoms with van der Waals surface area (Å²) in [7, 11) is 5.57. The summed E-state index contributed by atoms with van der Waals surface area (Å²) in [5, 5.41) is 0. The lowest BCUT2D eigenvalue weighted by atomic mass is 10.1. The molecule has 2 aromatic heterocycles. The van der Waals surface area contributed by atoms with E-state index in [1.54, 1.807) is 30.5 Å². The van der Waals surface area contributed by atoms with Crippen LogP contribution >= 0.6 is 0 Å². The van der Waals surface area contributed by atoms with Crippen LogP contribution in [0.1, 0.15) is 6.42 Å². The molecule has 1 aromatic carbocycles. The van der Waals surface area contributed by atoms with Crippen LogP contribution in [0.2, 0.25) is 0 Å². The maximum Gasteiger partial charge on any atom is 0.259 e. The highest BCUT2D eigenvalue weighted by atomic mass is 19.1. The molecule has 0 unspecified atom stereocenters. The van der Waals surface area contributed by atoms with E-state index in [0.29, 0.717) is 23.1 Å². The number of likely N-dealkylation sites (N-methyl/N-ethyl adjacent to an activating group) is 1. The first-order valence-electron chi connectivity index (χ1n) is 9.25. The van der Waals surface area contributed by atoms with E-state index in [1.807, 2.05) is 6.07 Å². The average Bonchev–Trinajstić information content (AvgIpc) is 3.18. The summed E-state index contributed by atoms with van der Waals surface area (Å²) < 4.78 is 20.5. The van der Waals surface area contributed by atoms with Crippen molar-refractivity contribution in [3.8, 4) is 16.9 Å². The van der Waals surface area contributed by atoms with Gasteiger partial charge in [0, 0.05) is 31.4 Å². The van der Waals surface area contributed by atoms with Crippen molar-refractivity contribution in [3.63, 3.8) is 0 Å². The van der Waals surface area contributed by atoms with Gasteiger partial charge in [0.15, 0.2) is 11.6 Å². The summed E-state index contributed by atoms with van der Waals surface area (Å²) in [5.41, 5.74) is 1.83. The van der Waals surface area contributed by atoms with E-state index in [-0.39, 0.29) is 11.3 Å². The Morgan fingerprint density at radius 2 is 1.96 bits per heavy atom. The van der Waals surface area contributed by atoms with Crippen LogP contribution in [-0.4, -0.2) is 54.6 Å². The maximum atomic E-state index is 14.0. The fraction of sp³-hybridized carbons (Fsp3) is 0.333. The van der Waals surface area contributed by atoms with Gasteiger partial charge in [0.05, 0.1) is 7.11 Å². The molecule has 1 aliphatic heterocycles. The Hall–Kier alpha value is -2.93. The summed E-state index contributed by atoms with van der Waals surface area (Å²) in [4.78, 5) is 21.7. The first-order chi connectivity index (χ1) is 13.5. The molecule has 7 heteroatoms. The molecule has 1 atom stereocenters. The molecule has 3 heterocycles. The number of ether oxygens (including phenoxy) is 1. The third kappa shape index (κ3) is 3.33. The minimum Gasteiger partial charge on any atom is -0.494 e. The number of aromatic nitrogens is 2. The van der Waals surface area contributed by atoms with Crippen LogP contribution in [0.25, 0.3) is 16.8 Å². The molecule has 0 amide bonds. The van der Waals surface area contributed by atoms with Crippen molar-refractivity contribution in [1.29, 1.82) is 0 Å². The lowest BCUT2D eigenvalue weighted by Gasteiger charge is -2.21. The largest absolute Gasteiger partial charge is 0.494 e. The van der Waals surface area contributed by atoms with Crippen molar-refractivity contribution in [1.82, 2.24) is 14.3 Å². The minimum atomic E-state index is -0.439. The highest BCUT2D eigenvalue weighted by Crippen LogP contribution is 2.26. The first-order valence-corrected chi connectivity index (χ1v) is 9.25. The summed E-state index contributed by atoms with van der Waals surface area (Å²) in [6, 6.07) is 10.4. The molecule has 3 aromatic rings. The summed E-state index contributed by atoms with van der Waals surface area (Å²) >= 11 is 0. The zero-order chi connectivity index (χ0) is 19.8. The highest BCUT2D eigenvalue weighted by Gasteiger charge is 2.25. The molecule has 6 nitrogen and oxygen atoms in total. The molecule has 28 heavy (non-hydrogen) atoms. The van der Waals surface area contributed by atoms with Gasteiger partial charge >= 0.3 is 0 Å². The molecule has 0 bridgehead atoms. The van der Waals surface area contributed by atoms with Gasteiger partial charge in [-0.05, 0) is 55.9 Å². The molecule has 1 aliphatic rings. The lowest BCUT2D eigenvalue weighted by molar-refractivity contribution is 0.315. The fourth-order valence-electron chi connectivity index (χ4n) is 3.64. The van der Waals surface area contributed by atoms with E-state index in [4.69, 9.17) is 4.74 Å². The van der Waals surface area contributed by atoms with Crippen LogP contribution in [-0.2, 0) is 0 Å². The normalized spacial score (nSPS) is 16.9. The van der Waals surface area contributed by atoms with Gasteiger partial charge in [-0.1, -0.05) is 6.07 Å². The first kappa shape index (κ1) is 18.4. The number of hydrogen-bond acceptors (Lipinski definition) is 5. The van der Waals surface area contributed by atoms with E-state index in [0.717, 1.165) is 25.1 Å². The molecule has 146 valence electrons. The number of halogens is 1. The molecule has 0 radical (unpaired) electrons. The van der Waals surface area contributed by atoms with Crippen LogP contribution < -0.4 is 15.2 Å². The Morgan fingerprint density at radius 1 is 1.18 bits per heavy atom. The number of methoxy groups -OCH3 is 1. The number of fused-ring (bicyclic) bond motifs is 1. The summed E-state index contributed by atoms with van der Waals surface area (Å²) in [5.74, 6) is 0.456. The van der Waals surface area contributed by atoms with E-state index in [2.05, 4.69) is 28.9 Å². The van der Waals surface area contributed by atoms with E-state index < -0.39 is 5.82 Å². The topological polar surface area (TPSA) is 50.1 Å². The van der Waals surface area contributed by atoms with E-state index in [9.17, 15) is 9.18 Å². The van der Waals surface area contributed by atoms with Gasteiger partial charge in [0.25, 0.3) is 5.56 Å². The van der Waals surface area contributed by atoms with Gasteiger partial charge in [-0.2, -0.15) is 0 Å². The van der Waals surface area contributed by atoms with Crippen LogP contribution in [0, 0.1) is 5.82 Å². The van der Waals surface area contributed by atoms with Gasteiger partial charge in [0.2, 0.25) is 0 Å². The zero-order valence-electron chi connectivity index (χ0n) is 16.2. The van der Waals surface area contributed by atoms with Crippen molar-refractivity contribution in [2.45, 2.75) is 12.5 Å². The zero-order valence-corrected chi connectivity index (χ0v) is 16.2. The molecular formula is C21H23FN4O2. The van der Waals surface area contributed by atoms with E-state index >= 15 is 0 Å². The van der Waals surface area contributed by atoms with Gasteiger partial charge in [-0.25, -0.2) is 9.37 Å². The van der Waals surface area contributed by atoms with Crippen molar-refractivity contribution < 1.29 is 9.13 Å². The number of nitrogens with zero attached hydrogens (tertiary/aromatic N) is 4. The standard InChI is InChI=1S/C21H23FN4O2/c1-24(2)16-8-9-25(13-16)20-11-21(27)26-12-15(5-7-19(26)23-20)14-4-6-18(28-3)17(22)10-14/h4-7,10-12,16H,8-9,13H2,1-3H3/t16-/m0/s1. The Balaban J connectivity index is 1.69. The maximum absolute atomic E-state index is 14.0. The summed E-state index contributed by atoms with van der Waals surface area (Å²) in [6.07, 6.45) is 2.75. The third-order valence-electron chi connectivity index (χ3n) is 5.35. The number of rotatable bonds is 4. The van der Waals surface area contributed by atoms with Gasteiger partial charge in [0.1, 0.15) is 11.5 Å². The Labute approximate surface area is 162 Å².